The van der Waals surface area contributed by atoms with Crippen molar-refractivity contribution >= 4 is 39.9 Å². The van der Waals surface area contributed by atoms with Gasteiger partial charge >= 0.3 is 0 Å². The highest BCUT2D eigenvalue weighted by molar-refractivity contribution is 14.1. The van der Waals surface area contributed by atoms with Crippen molar-refractivity contribution in [2.75, 3.05) is 11.9 Å². The zero-order valence-corrected chi connectivity index (χ0v) is 16.7. The Morgan fingerprint density at radius 3 is 2.70 bits per heavy atom. The normalized spacial score (nSPS) is 14.7. The molecule has 0 radical (unpaired) electrons. The van der Waals surface area contributed by atoms with Gasteiger partial charge < -0.3 is 10.4 Å². The fourth-order valence-corrected chi connectivity index (χ4v) is 3.35. The molecule has 3 N–H and O–H groups in total. The number of hydrogen-bond donors (Lipinski definition) is 3. The molecule has 0 heterocycles. The second-order valence-corrected chi connectivity index (χ2v) is 7.72. The summed E-state index contributed by atoms with van der Waals surface area (Å²) in [6.45, 7) is 1.60. The third-order valence-corrected chi connectivity index (χ3v) is 5.09. The molecule has 1 fully saturated rings. The van der Waals surface area contributed by atoms with Crippen LogP contribution in [0.1, 0.15) is 28.8 Å². The lowest BCUT2D eigenvalue weighted by Gasteiger charge is -2.17. The van der Waals surface area contributed by atoms with Crippen LogP contribution in [0.25, 0.3) is 0 Å². The molecule has 1 aliphatic carbocycles. The molecule has 0 aromatic heterocycles. The van der Waals surface area contributed by atoms with Crippen LogP contribution in [0.5, 0.6) is 0 Å². The van der Waals surface area contributed by atoms with E-state index in [1.54, 1.807) is 6.07 Å². The monoisotopic (exact) mass is 488 g/mol. The lowest BCUT2D eigenvalue weighted by atomic mass is 10.1. The first kappa shape index (κ1) is 20.0. The van der Waals surface area contributed by atoms with Crippen LogP contribution < -0.4 is 10.8 Å². The molecule has 1 amide bonds. The van der Waals surface area contributed by atoms with E-state index in [4.69, 9.17) is 4.84 Å². The van der Waals surface area contributed by atoms with E-state index in [1.165, 1.54) is 6.07 Å². The van der Waals surface area contributed by atoms with Gasteiger partial charge in [-0.3, -0.25) is 9.63 Å². The summed E-state index contributed by atoms with van der Waals surface area (Å²) in [5.41, 5.74) is 3.25. The topological polar surface area (TPSA) is 70.6 Å². The smallest absolute Gasteiger partial charge is 0.277 e. The Bertz CT molecular complexity index is 859. The number of hydroxylamine groups is 1. The number of carbonyl (C=O) groups excluding carboxylic acids is 1. The molecule has 8 heteroatoms. The highest BCUT2D eigenvalue weighted by Gasteiger charge is 2.32. The Morgan fingerprint density at radius 1 is 1.33 bits per heavy atom. The molecule has 1 unspecified atom stereocenters. The molecule has 0 saturated heterocycles. The fourth-order valence-electron chi connectivity index (χ4n) is 2.70. The van der Waals surface area contributed by atoms with E-state index >= 15 is 0 Å². The zero-order valence-electron chi connectivity index (χ0n) is 14.6. The molecule has 1 saturated carbocycles. The predicted octanol–water partition coefficient (Wildman–Crippen LogP) is 4.05. The summed E-state index contributed by atoms with van der Waals surface area (Å²) < 4.78 is 29.2. The zero-order chi connectivity index (χ0) is 19.6. The number of aryl methyl sites for hydroxylation is 1. The number of aliphatic hydroxyl groups excluding tert-OH is 1. The molecule has 2 aromatic rings. The molecule has 1 atom stereocenters. The highest BCUT2D eigenvalue weighted by Crippen LogP contribution is 2.34. The van der Waals surface area contributed by atoms with Crippen LogP contribution in [0.3, 0.4) is 0 Å². The number of halogens is 3. The van der Waals surface area contributed by atoms with Gasteiger partial charge in [0.25, 0.3) is 5.91 Å². The van der Waals surface area contributed by atoms with E-state index in [-0.39, 0.29) is 23.8 Å². The molecule has 0 bridgehead atoms. The van der Waals surface area contributed by atoms with E-state index in [1.807, 2.05) is 19.1 Å². The molecule has 0 aliphatic heterocycles. The summed E-state index contributed by atoms with van der Waals surface area (Å²) >= 11 is 2.15. The number of rotatable bonds is 7. The first-order chi connectivity index (χ1) is 12.9. The van der Waals surface area contributed by atoms with Crippen molar-refractivity contribution in [3.63, 3.8) is 0 Å². The lowest BCUT2D eigenvalue weighted by molar-refractivity contribution is -0.0497. The Kier molecular flexibility index (Phi) is 6.28. The quantitative estimate of drug-likeness (QED) is 0.407. The first-order valence-electron chi connectivity index (χ1n) is 8.48. The summed E-state index contributed by atoms with van der Waals surface area (Å²) in [6.07, 6.45) is 1.34. The second-order valence-electron chi connectivity index (χ2n) is 6.48. The third kappa shape index (κ3) is 4.74. The standard InChI is InChI=1S/C19H19F2IN2O3/c1-10-8-12(22)4-7-15(10)23-18-13(5-6-14(20)17(18)21)19(26)24-27-16(9-25)11-2-3-11/h4-8,11,16,23,25H,2-3,9H2,1H3,(H,24,26). The molecule has 3 rings (SSSR count). The third-order valence-electron chi connectivity index (χ3n) is 4.42. The van der Waals surface area contributed by atoms with Crippen LogP contribution in [-0.2, 0) is 4.84 Å². The number of anilines is 2. The maximum Gasteiger partial charge on any atom is 0.277 e. The van der Waals surface area contributed by atoms with Gasteiger partial charge in [-0.15, -0.1) is 0 Å². The predicted molar refractivity (Wildman–Crippen MR) is 106 cm³/mol. The largest absolute Gasteiger partial charge is 0.394 e. The number of nitrogens with one attached hydrogen (secondary N) is 2. The van der Waals surface area contributed by atoms with Gasteiger partial charge in [-0.1, -0.05) is 0 Å². The first-order valence-corrected chi connectivity index (χ1v) is 9.56. The molecular weight excluding hydrogens is 469 g/mol. The maximum atomic E-state index is 14.4. The van der Waals surface area contributed by atoms with E-state index in [0.717, 1.165) is 28.0 Å². The highest BCUT2D eigenvalue weighted by atomic mass is 127. The van der Waals surface area contributed by atoms with Crippen molar-refractivity contribution in [3.05, 3.63) is 56.7 Å². The van der Waals surface area contributed by atoms with Crippen molar-refractivity contribution in [1.29, 1.82) is 0 Å². The Labute approximate surface area is 169 Å². The molecule has 27 heavy (non-hydrogen) atoms. The number of benzene rings is 2. The van der Waals surface area contributed by atoms with Crippen molar-refractivity contribution in [1.82, 2.24) is 5.48 Å². The average molecular weight is 488 g/mol. The number of carbonyl (C=O) groups is 1. The minimum Gasteiger partial charge on any atom is -0.394 e. The van der Waals surface area contributed by atoms with Gasteiger partial charge in [0.15, 0.2) is 11.6 Å². The maximum absolute atomic E-state index is 14.4. The summed E-state index contributed by atoms with van der Waals surface area (Å²) in [7, 11) is 0. The van der Waals surface area contributed by atoms with E-state index in [9.17, 15) is 18.7 Å². The molecule has 2 aromatic carbocycles. The van der Waals surface area contributed by atoms with E-state index in [2.05, 4.69) is 33.4 Å². The Morgan fingerprint density at radius 2 is 2.07 bits per heavy atom. The van der Waals surface area contributed by atoms with Crippen molar-refractivity contribution in [2.45, 2.75) is 25.9 Å². The molecule has 0 spiro atoms. The second kappa shape index (κ2) is 8.49. The van der Waals surface area contributed by atoms with Crippen LogP contribution in [-0.4, -0.2) is 23.7 Å². The minimum atomic E-state index is -1.15. The number of hydrogen-bond acceptors (Lipinski definition) is 4. The SMILES string of the molecule is Cc1cc(I)ccc1Nc1c(C(=O)NOC(CO)C2CC2)ccc(F)c1F. The van der Waals surface area contributed by atoms with E-state index in [0.29, 0.717) is 5.69 Å². The summed E-state index contributed by atoms with van der Waals surface area (Å²) in [4.78, 5) is 17.7. The molecule has 144 valence electrons. The van der Waals surface area contributed by atoms with Crippen LogP contribution in [0.2, 0.25) is 0 Å². The Balaban J connectivity index is 1.84. The van der Waals surface area contributed by atoms with Gasteiger partial charge in [0.1, 0.15) is 6.10 Å². The van der Waals surface area contributed by atoms with Gasteiger partial charge in [0.2, 0.25) is 0 Å². The van der Waals surface area contributed by atoms with Crippen LogP contribution >= 0.6 is 22.6 Å². The molecule has 1 aliphatic rings. The van der Waals surface area contributed by atoms with Crippen LogP contribution in [0.15, 0.2) is 30.3 Å². The van der Waals surface area contributed by atoms with Gasteiger partial charge in [0, 0.05) is 9.26 Å². The van der Waals surface area contributed by atoms with Crippen LogP contribution in [0.4, 0.5) is 20.2 Å². The van der Waals surface area contributed by atoms with Crippen molar-refractivity contribution < 1.29 is 23.5 Å². The van der Waals surface area contributed by atoms with Gasteiger partial charge in [-0.2, -0.15) is 0 Å². The summed E-state index contributed by atoms with van der Waals surface area (Å²) in [5, 5.41) is 12.1. The van der Waals surface area contributed by atoms with Crippen molar-refractivity contribution in [2.24, 2.45) is 5.92 Å². The number of aliphatic hydroxyl groups is 1. The van der Waals surface area contributed by atoms with Gasteiger partial charge in [-0.25, -0.2) is 14.3 Å². The van der Waals surface area contributed by atoms with E-state index < -0.39 is 23.6 Å². The van der Waals surface area contributed by atoms with Crippen LogP contribution in [0, 0.1) is 28.0 Å². The van der Waals surface area contributed by atoms with Gasteiger partial charge in [0.05, 0.1) is 17.9 Å². The Hall–Kier alpha value is -1.78. The lowest BCUT2D eigenvalue weighted by Crippen LogP contribution is -2.33. The van der Waals surface area contributed by atoms with Crippen molar-refractivity contribution in [3.8, 4) is 0 Å². The fraction of sp³-hybridized carbons (Fsp3) is 0.316. The summed E-state index contributed by atoms with van der Waals surface area (Å²) in [5.74, 6) is -2.74. The minimum absolute atomic E-state index is 0.0978. The number of amides is 1. The molecular formula is C19H19F2IN2O3. The molecule has 5 nitrogen and oxygen atoms in total. The van der Waals surface area contributed by atoms with Gasteiger partial charge in [-0.05, 0) is 84.2 Å². The summed E-state index contributed by atoms with van der Waals surface area (Å²) in [6, 6.07) is 7.50. The average Bonchev–Trinajstić information content (AvgIpc) is 3.46.